The number of benzene rings is 1. The molecule has 2 amide bonds. The van der Waals surface area contributed by atoms with Gasteiger partial charge < -0.3 is 14.6 Å². The lowest BCUT2D eigenvalue weighted by molar-refractivity contribution is -0.127. The summed E-state index contributed by atoms with van der Waals surface area (Å²) < 4.78 is 15.6. The average Bonchev–Trinajstić information content (AvgIpc) is 3.70. The first-order valence-electron chi connectivity index (χ1n) is 14.4. The molecule has 0 aliphatic carbocycles. The molecular formula is C33H35FN6O3S. The predicted molar refractivity (Wildman–Crippen MR) is 168 cm³/mol. The molecule has 2 N–H and O–H groups in total. The van der Waals surface area contributed by atoms with Gasteiger partial charge in [-0.2, -0.15) is 9.65 Å². The number of imidazole rings is 1. The summed E-state index contributed by atoms with van der Waals surface area (Å²) in [5.74, 6) is -0.985. The Morgan fingerprint density at radius 1 is 1.18 bits per heavy atom. The zero-order valence-electron chi connectivity index (χ0n) is 25.4. The topological polar surface area (TPSA) is 124 Å². The van der Waals surface area contributed by atoms with Crippen LogP contribution in [0.5, 0.6) is 0 Å². The summed E-state index contributed by atoms with van der Waals surface area (Å²) in [7, 11) is 0. The van der Waals surface area contributed by atoms with Crippen LogP contribution in [0, 0.1) is 22.7 Å². The molecule has 0 unspecified atom stereocenters. The summed E-state index contributed by atoms with van der Waals surface area (Å²) in [5.41, 5.74) is 1.30. The SMILES string of the molecule is CC(C)(C)/C=C(\C#N)C(=O)N1CCC[C@@H]1Cn1c(NC(=O)c2ccc(-c3ccnc(F)c3)s2)nc2cc(C(C)(C)O)ccc21. The van der Waals surface area contributed by atoms with Crippen LogP contribution in [0.25, 0.3) is 21.5 Å². The number of carbonyl (C=O) groups excluding carboxylic acids is 2. The van der Waals surface area contributed by atoms with E-state index in [2.05, 4.69) is 16.4 Å². The lowest BCUT2D eigenvalue weighted by atomic mass is 9.93. The predicted octanol–water partition coefficient (Wildman–Crippen LogP) is 6.27. The highest BCUT2D eigenvalue weighted by Crippen LogP contribution is 2.32. The Morgan fingerprint density at radius 2 is 1.95 bits per heavy atom. The number of thiophene rings is 1. The monoisotopic (exact) mass is 614 g/mol. The van der Waals surface area contributed by atoms with Crippen LogP contribution in [0.4, 0.5) is 10.3 Å². The molecule has 1 atom stereocenters. The zero-order chi connectivity index (χ0) is 31.8. The number of allylic oxidation sites excluding steroid dienone is 1. The van der Waals surface area contributed by atoms with E-state index in [1.54, 1.807) is 49.1 Å². The van der Waals surface area contributed by atoms with Crippen LogP contribution >= 0.6 is 11.3 Å². The van der Waals surface area contributed by atoms with Gasteiger partial charge in [0.1, 0.15) is 11.6 Å². The normalized spacial score (nSPS) is 15.9. The van der Waals surface area contributed by atoms with Crippen LogP contribution in [0.15, 0.2) is 60.3 Å². The average molecular weight is 615 g/mol. The molecule has 0 radical (unpaired) electrons. The number of fused-ring (bicyclic) bond motifs is 1. The lowest BCUT2D eigenvalue weighted by Gasteiger charge is -2.26. The number of pyridine rings is 1. The van der Waals surface area contributed by atoms with Crippen molar-refractivity contribution < 1.29 is 19.1 Å². The number of nitrogens with zero attached hydrogens (tertiary/aromatic N) is 5. The van der Waals surface area contributed by atoms with Crippen molar-refractivity contribution in [3.63, 3.8) is 0 Å². The number of nitrogens with one attached hydrogen (secondary N) is 1. The molecule has 1 aromatic carbocycles. The fourth-order valence-electron chi connectivity index (χ4n) is 5.36. The summed E-state index contributed by atoms with van der Waals surface area (Å²) in [4.78, 5) is 38.2. The van der Waals surface area contributed by atoms with Gasteiger partial charge in [0.2, 0.25) is 11.9 Å². The summed E-state index contributed by atoms with van der Waals surface area (Å²) >= 11 is 1.22. The van der Waals surface area contributed by atoms with Crippen LogP contribution in [0.3, 0.4) is 0 Å². The molecule has 3 aromatic heterocycles. The summed E-state index contributed by atoms with van der Waals surface area (Å²) in [6.45, 7) is 10.1. The van der Waals surface area contributed by atoms with Crippen molar-refractivity contribution in [2.45, 2.75) is 65.6 Å². The highest BCUT2D eigenvalue weighted by Gasteiger charge is 2.33. The van der Waals surface area contributed by atoms with E-state index in [1.807, 2.05) is 37.5 Å². The van der Waals surface area contributed by atoms with Crippen LogP contribution < -0.4 is 5.32 Å². The van der Waals surface area contributed by atoms with Crippen molar-refractivity contribution in [2.24, 2.45) is 5.41 Å². The second kappa shape index (κ2) is 11.9. The third-order valence-corrected chi connectivity index (χ3v) is 8.61. The van der Waals surface area contributed by atoms with Crippen molar-refractivity contribution in [1.29, 1.82) is 5.26 Å². The number of aromatic nitrogens is 3. The number of aliphatic hydroxyl groups is 1. The largest absolute Gasteiger partial charge is 0.386 e. The highest BCUT2D eigenvalue weighted by molar-refractivity contribution is 7.17. The number of anilines is 1. The number of rotatable bonds is 7. The van der Waals surface area contributed by atoms with E-state index in [0.717, 1.165) is 23.2 Å². The van der Waals surface area contributed by atoms with Gasteiger partial charge >= 0.3 is 0 Å². The number of hydrogen-bond acceptors (Lipinski definition) is 7. The lowest BCUT2D eigenvalue weighted by Crippen LogP contribution is -2.39. The van der Waals surface area contributed by atoms with Gasteiger partial charge in [0.15, 0.2) is 0 Å². The maximum absolute atomic E-state index is 13.7. The van der Waals surface area contributed by atoms with Crippen molar-refractivity contribution in [2.75, 3.05) is 11.9 Å². The van der Waals surface area contributed by atoms with Crippen LogP contribution in [0.1, 0.15) is 62.7 Å². The molecule has 5 rings (SSSR count). The molecule has 0 bridgehead atoms. The first kappa shape index (κ1) is 31.0. The van der Waals surface area contributed by atoms with Crippen molar-refractivity contribution in [3.8, 4) is 16.5 Å². The molecule has 9 nitrogen and oxygen atoms in total. The highest BCUT2D eigenvalue weighted by atomic mass is 32.1. The maximum Gasteiger partial charge on any atom is 0.268 e. The number of carbonyl (C=O) groups is 2. The number of hydrogen-bond donors (Lipinski definition) is 2. The second-order valence-corrected chi connectivity index (χ2v) is 13.7. The molecular weight excluding hydrogens is 579 g/mol. The number of nitriles is 1. The van der Waals surface area contributed by atoms with E-state index in [4.69, 9.17) is 4.98 Å². The first-order valence-corrected chi connectivity index (χ1v) is 15.3. The van der Waals surface area contributed by atoms with E-state index in [9.17, 15) is 24.3 Å². The number of likely N-dealkylation sites (tertiary alicyclic amines) is 1. The standard InChI is InChI=1S/C33H35FN6O3S/c1-32(2,3)17-21(18-35)30(42)39-14-6-7-23(39)19-40-25-9-8-22(33(4,5)43)16-24(25)37-31(40)38-29(41)27-11-10-26(44-27)20-12-13-36-28(34)15-20/h8-13,15-17,23,43H,6-7,14,19H2,1-5H3,(H,37,38,41)/b21-17+/t23-/m1/s1. The molecule has 1 aliphatic heterocycles. The fourth-order valence-corrected chi connectivity index (χ4v) is 6.26. The van der Waals surface area contributed by atoms with Crippen LogP contribution in [-0.4, -0.2) is 48.9 Å². The van der Waals surface area contributed by atoms with Gasteiger partial charge in [-0.1, -0.05) is 32.9 Å². The quantitative estimate of drug-likeness (QED) is 0.144. The molecule has 228 valence electrons. The molecule has 0 saturated carbocycles. The van der Waals surface area contributed by atoms with Gasteiger partial charge in [-0.15, -0.1) is 11.3 Å². The van der Waals surface area contributed by atoms with E-state index < -0.39 is 11.5 Å². The Balaban J connectivity index is 1.48. The van der Waals surface area contributed by atoms with E-state index >= 15 is 0 Å². The minimum Gasteiger partial charge on any atom is -0.386 e. The summed E-state index contributed by atoms with van der Waals surface area (Å²) in [5, 5.41) is 23.3. The molecule has 44 heavy (non-hydrogen) atoms. The molecule has 1 fully saturated rings. The molecule has 1 saturated heterocycles. The van der Waals surface area contributed by atoms with E-state index in [0.29, 0.717) is 40.6 Å². The molecule has 4 heterocycles. The van der Waals surface area contributed by atoms with E-state index in [-0.39, 0.29) is 28.8 Å². The van der Waals surface area contributed by atoms with Gasteiger partial charge in [0, 0.05) is 30.2 Å². The van der Waals surface area contributed by atoms with Gasteiger partial charge in [-0.05, 0) is 73.6 Å². The van der Waals surface area contributed by atoms with Crippen molar-refractivity contribution in [3.05, 3.63) is 76.7 Å². The Morgan fingerprint density at radius 3 is 2.64 bits per heavy atom. The molecule has 11 heteroatoms. The minimum atomic E-state index is -1.09. The summed E-state index contributed by atoms with van der Waals surface area (Å²) in [6, 6.07) is 13.8. The Hall–Kier alpha value is -4.40. The number of amides is 2. The third-order valence-electron chi connectivity index (χ3n) is 7.48. The van der Waals surface area contributed by atoms with E-state index in [1.165, 1.54) is 23.6 Å². The molecule has 0 spiro atoms. The Labute approximate surface area is 259 Å². The van der Waals surface area contributed by atoms with Crippen molar-refractivity contribution in [1.82, 2.24) is 19.4 Å². The van der Waals surface area contributed by atoms with Crippen molar-refractivity contribution >= 4 is 40.1 Å². The van der Waals surface area contributed by atoms with Gasteiger partial charge in [-0.25, -0.2) is 9.97 Å². The second-order valence-electron chi connectivity index (χ2n) is 12.6. The number of halogens is 1. The van der Waals surface area contributed by atoms with Gasteiger partial charge in [0.05, 0.1) is 27.6 Å². The smallest absolute Gasteiger partial charge is 0.268 e. The Bertz CT molecular complexity index is 1800. The van der Waals surface area contributed by atoms with Gasteiger partial charge in [0.25, 0.3) is 11.8 Å². The zero-order valence-corrected chi connectivity index (χ0v) is 26.2. The molecule has 4 aromatic rings. The maximum atomic E-state index is 13.7. The third kappa shape index (κ3) is 6.72. The minimum absolute atomic E-state index is 0.116. The van der Waals surface area contributed by atoms with Crippen LogP contribution in [0.2, 0.25) is 0 Å². The summed E-state index contributed by atoms with van der Waals surface area (Å²) in [6.07, 6.45) is 4.60. The Kier molecular flexibility index (Phi) is 8.42. The molecule has 1 aliphatic rings. The van der Waals surface area contributed by atoms with Crippen LogP contribution in [-0.2, 0) is 16.9 Å². The fraction of sp³-hybridized carbons (Fsp3) is 0.364. The van der Waals surface area contributed by atoms with Gasteiger partial charge in [-0.3, -0.25) is 14.9 Å². The first-order chi connectivity index (χ1) is 20.7.